The predicted octanol–water partition coefficient (Wildman–Crippen LogP) is 5.53. The highest BCUT2D eigenvalue weighted by Crippen LogP contribution is 2.30. The SMILES string of the molecule is COc1ccc(N(CCCC(=O)N(Cc2ccc(Cl)cc2Cl)[C@H](C)C(=O)NC(C)(C)C)S(C)(=O)=O)cc1Cl. The van der Waals surface area contributed by atoms with Crippen LogP contribution in [0.3, 0.4) is 0 Å². The van der Waals surface area contributed by atoms with E-state index in [4.69, 9.17) is 39.5 Å². The number of rotatable bonds is 11. The number of anilines is 1. The van der Waals surface area contributed by atoms with Crippen molar-refractivity contribution in [1.82, 2.24) is 10.2 Å². The smallest absolute Gasteiger partial charge is 0.242 e. The zero-order chi connectivity index (χ0) is 28.8. The van der Waals surface area contributed by atoms with Gasteiger partial charge in [0.1, 0.15) is 11.8 Å². The van der Waals surface area contributed by atoms with Crippen LogP contribution in [-0.4, -0.2) is 56.6 Å². The molecule has 0 aromatic heterocycles. The summed E-state index contributed by atoms with van der Waals surface area (Å²) in [7, 11) is -2.20. The van der Waals surface area contributed by atoms with Crippen LogP contribution in [0.1, 0.15) is 46.1 Å². The highest BCUT2D eigenvalue weighted by Gasteiger charge is 2.29. The topological polar surface area (TPSA) is 96.0 Å². The lowest BCUT2D eigenvalue weighted by molar-refractivity contribution is -0.141. The van der Waals surface area contributed by atoms with Gasteiger partial charge in [-0.1, -0.05) is 40.9 Å². The van der Waals surface area contributed by atoms with E-state index in [9.17, 15) is 18.0 Å². The van der Waals surface area contributed by atoms with Gasteiger partial charge in [0.05, 0.1) is 24.1 Å². The number of hydrogen-bond acceptors (Lipinski definition) is 5. The van der Waals surface area contributed by atoms with Crippen molar-refractivity contribution in [1.29, 1.82) is 0 Å². The van der Waals surface area contributed by atoms with Crippen LogP contribution in [0.2, 0.25) is 15.1 Å². The molecule has 0 heterocycles. The number of nitrogens with one attached hydrogen (secondary N) is 1. The molecular formula is C26H34Cl3N3O5S. The third kappa shape index (κ3) is 9.22. The van der Waals surface area contributed by atoms with Crippen molar-refractivity contribution in [3.05, 3.63) is 57.0 Å². The summed E-state index contributed by atoms with van der Waals surface area (Å²) >= 11 is 18.6. The van der Waals surface area contributed by atoms with E-state index in [0.29, 0.717) is 27.0 Å². The van der Waals surface area contributed by atoms with Gasteiger partial charge in [0, 0.05) is 35.1 Å². The van der Waals surface area contributed by atoms with Gasteiger partial charge >= 0.3 is 0 Å². The lowest BCUT2D eigenvalue weighted by Gasteiger charge is -2.32. The number of methoxy groups -OCH3 is 1. The molecule has 0 saturated carbocycles. The summed E-state index contributed by atoms with van der Waals surface area (Å²) < 4.78 is 31.4. The second kappa shape index (κ2) is 13.2. The molecule has 0 unspecified atom stereocenters. The minimum atomic E-state index is -3.67. The molecule has 38 heavy (non-hydrogen) atoms. The van der Waals surface area contributed by atoms with Gasteiger partial charge in [-0.3, -0.25) is 13.9 Å². The maximum Gasteiger partial charge on any atom is 0.242 e. The largest absolute Gasteiger partial charge is 0.495 e. The highest BCUT2D eigenvalue weighted by molar-refractivity contribution is 7.92. The number of hydrogen-bond donors (Lipinski definition) is 1. The molecule has 0 saturated heterocycles. The van der Waals surface area contributed by atoms with E-state index in [2.05, 4.69) is 5.32 Å². The molecule has 0 aliphatic carbocycles. The third-order valence-electron chi connectivity index (χ3n) is 5.60. The molecule has 2 aromatic rings. The lowest BCUT2D eigenvalue weighted by atomic mass is 10.1. The molecular weight excluding hydrogens is 573 g/mol. The standard InChI is InChI=1S/C26H34Cl3N3O5S/c1-17(25(34)30-26(2,3)4)31(16-18-9-10-19(27)14-21(18)28)24(33)8-7-13-32(38(6,35)36)20-11-12-23(37-5)22(29)15-20/h9-12,14-15,17H,7-8,13,16H2,1-6H3,(H,30,34)/t17-/m1/s1. The number of carbonyl (C=O) groups is 2. The molecule has 8 nitrogen and oxygen atoms in total. The number of benzene rings is 2. The van der Waals surface area contributed by atoms with Crippen molar-refractivity contribution in [3.63, 3.8) is 0 Å². The normalized spacial score (nSPS) is 12.6. The lowest BCUT2D eigenvalue weighted by Crippen LogP contribution is -2.52. The third-order valence-corrected chi connectivity index (χ3v) is 7.67. The maximum absolute atomic E-state index is 13.4. The first kappa shape index (κ1) is 32.0. The van der Waals surface area contributed by atoms with Gasteiger partial charge in [-0.15, -0.1) is 0 Å². The van der Waals surface area contributed by atoms with Crippen LogP contribution in [0.5, 0.6) is 5.75 Å². The Labute approximate surface area is 240 Å². The molecule has 1 atom stereocenters. The Kier molecular flexibility index (Phi) is 11.2. The Morgan fingerprint density at radius 2 is 1.71 bits per heavy atom. The van der Waals surface area contributed by atoms with Gasteiger partial charge < -0.3 is 15.0 Å². The van der Waals surface area contributed by atoms with E-state index in [1.807, 2.05) is 20.8 Å². The van der Waals surface area contributed by atoms with Gasteiger partial charge in [-0.05, 0) is 70.0 Å². The summed E-state index contributed by atoms with van der Waals surface area (Å²) in [5.41, 5.74) is 0.493. The molecule has 1 N–H and O–H groups in total. The zero-order valence-corrected chi connectivity index (χ0v) is 25.4. The number of amides is 2. The van der Waals surface area contributed by atoms with E-state index in [1.54, 1.807) is 37.3 Å². The predicted molar refractivity (Wildman–Crippen MR) is 154 cm³/mol. The van der Waals surface area contributed by atoms with Crippen LogP contribution in [0.4, 0.5) is 5.69 Å². The van der Waals surface area contributed by atoms with E-state index in [1.165, 1.54) is 22.4 Å². The second-order valence-corrected chi connectivity index (χ2v) is 13.1. The van der Waals surface area contributed by atoms with E-state index in [0.717, 1.165) is 6.26 Å². The van der Waals surface area contributed by atoms with Crippen molar-refractivity contribution >= 4 is 62.3 Å². The van der Waals surface area contributed by atoms with Crippen molar-refractivity contribution in [3.8, 4) is 5.75 Å². The number of sulfonamides is 1. The number of carbonyl (C=O) groups excluding carboxylic acids is 2. The molecule has 210 valence electrons. The van der Waals surface area contributed by atoms with Crippen LogP contribution in [-0.2, 0) is 26.2 Å². The summed E-state index contributed by atoms with van der Waals surface area (Å²) in [6.07, 6.45) is 1.28. The van der Waals surface area contributed by atoms with Gasteiger partial charge in [0.25, 0.3) is 0 Å². The summed E-state index contributed by atoms with van der Waals surface area (Å²) in [6, 6.07) is 8.80. The van der Waals surface area contributed by atoms with Crippen molar-refractivity contribution in [2.24, 2.45) is 0 Å². The van der Waals surface area contributed by atoms with Crippen LogP contribution >= 0.6 is 34.8 Å². The highest BCUT2D eigenvalue weighted by atomic mass is 35.5. The summed E-state index contributed by atoms with van der Waals surface area (Å²) in [5, 5.41) is 3.99. The average Bonchev–Trinajstić information content (AvgIpc) is 2.78. The molecule has 2 amide bonds. The molecule has 0 fully saturated rings. The van der Waals surface area contributed by atoms with Crippen molar-refractivity contribution in [2.45, 2.75) is 58.7 Å². The molecule has 0 aliphatic heterocycles. The fourth-order valence-corrected chi connectivity index (χ4v) is 5.38. The first-order valence-corrected chi connectivity index (χ1v) is 14.9. The van der Waals surface area contributed by atoms with E-state index in [-0.39, 0.29) is 42.8 Å². The Morgan fingerprint density at radius 1 is 1.05 bits per heavy atom. The molecule has 2 rings (SSSR count). The van der Waals surface area contributed by atoms with Gasteiger partial charge in [-0.2, -0.15) is 0 Å². The van der Waals surface area contributed by atoms with Crippen LogP contribution in [0.15, 0.2) is 36.4 Å². The molecule has 2 aromatic carbocycles. The molecule has 0 bridgehead atoms. The van der Waals surface area contributed by atoms with Crippen LogP contribution in [0, 0.1) is 0 Å². The quantitative estimate of drug-likeness (QED) is 0.363. The first-order valence-electron chi connectivity index (χ1n) is 11.9. The second-order valence-electron chi connectivity index (χ2n) is 9.93. The molecule has 0 aliphatic rings. The van der Waals surface area contributed by atoms with Crippen LogP contribution < -0.4 is 14.4 Å². The fourth-order valence-electron chi connectivity index (χ4n) is 3.70. The number of halogens is 3. The van der Waals surface area contributed by atoms with Crippen molar-refractivity contribution < 1.29 is 22.7 Å². The van der Waals surface area contributed by atoms with E-state index < -0.39 is 21.6 Å². The van der Waals surface area contributed by atoms with Crippen LogP contribution in [0.25, 0.3) is 0 Å². The molecule has 12 heteroatoms. The number of nitrogens with zero attached hydrogens (tertiary/aromatic N) is 2. The Balaban J connectivity index is 2.25. The Morgan fingerprint density at radius 3 is 2.24 bits per heavy atom. The monoisotopic (exact) mass is 605 g/mol. The first-order chi connectivity index (χ1) is 17.5. The Bertz CT molecular complexity index is 1270. The molecule has 0 spiro atoms. The summed E-state index contributed by atoms with van der Waals surface area (Å²) in [5.74, 6) is -0.228. The maximum atomic E-state index is 13.4. The summed E-state index contributed by atoms with van der Waals surface area (Å²) in [4.78, 5) is 27.8. The van der Waals surface area contributed by atoms with Gasteiger partial charge in [-0.25, -0.2) is 8.42 Å². The fraction of sp³-hybridized carbons (Fsp3) is 0.462. The Hall–Kier alpha value is -2.20. The van der Waals surface area contributed by atoms with Gasteiger partial charge in [0.15, 0.2) is 0 Å². The minimum Gasteiger partial charge on any atom is -0.495 e. The molecule has 0 radical (unpaired) electrons. The zero-order valence-electron chi connectivity index (χ0n) is 22.3. The van der Waals surface area contributed by atoms with Gasteiger partial charge in [0.2, 0.25) is 21.8 Å². The number of ether oxygens (including phenoxy) is 1. The summed E-state index contributed by atoms with van der Waals surface area (Å²) in [6.45, 7) is 7.31. The average molecular weight is 607 g/mol. The van der Waals surface area contributed by atoms with Crippen molar-refractivity contribution in [2.75, 3.05) is 24.2 Å². The minimum absolute atomic E-state index is 0.00570. The van der Waals surface area contributed by atoms with E-state index >= 15 is 0 Å².